The second kappa shape index (κ2) is 8.47. The molecule has 0 atom stereocenters. The zero-order chi connectivity index (χ0) is 22.2. The number of ether oxygens (including phenoxy) is 1. The minimum atomic E-state index is 0.0837. The predicted octanol–water partition coefficient (Wildman–Crippen LogP) is 4.93. The molecule has 1 saturated heterocycles. The van der Waals surface area contributed by atoms with Gasteiger partial charge in [-0.25, -0.2) is 0 Å². The first kappa shape index (κ1) is 20.8. The summed E-state index contributed by atoms with van der Waals surface area (Å²) in [5, 5.41) is 2.28. The predicted molar refractivity (Wildman–Crippen MR) is 131 cm³/mol. The number of hydrogen-bond acceptors (Lipinski definition) is 4. The van der Waals surface area contributed by atoms with Gasteiger partial charge in [-0.3, -0.25) is 9.69 Å². The lowest BCUT2D eigenvalue weighted by molar-refractivity contribution is 0.0991. The lowest BCUT2D eigenvalue weighted by Crippen LogP contribution is -2.35. The molecule has 166 valence electrons. The zero-order valence-corrected chi connectivity index (χ0v) is 19.2. The molecule has 5 heteroatoms. The van der Waals surface area contributed by atoms with Crippen LogP contribution in [0, 0.1) is 0 Å². The number of carbonyl (C=O) groups excluding carboxylic acids is 1. The van der Waals surface area contributed by atoms with Gasteiger partial charge in [0.05, 0.1) is 19.3 Å². The molecule has 5 nitrogen and oxygen atoms in total. The fraction of sp³-hybridized carbons (Fsp3) is 0.370. The number of carbonyl (C=O) groups is 1. The Morgan fingerprint density at radius 1 is 0.906 bits per heavy atom. The van der Waals surface area contributed by atoms with E-state index in [-0.39, 0.29) is 5.91 Å². The highest BCUT2D eigenvalue weighted by atomic mass is 16.5. The summed E-state index contributed by atoms with van der Waals surface area (Å²) in [6.45, 7) is 9.38. The van der Waals surface area contributed by atoms with Crippen molar-refractivity contribution in [2.24, 2.45) is 0 Å². The molecule has 5 rings (SSSR count). The fourth-order valence-electron chi connectivity index (χ4n) is 5.07. The van der Waals surface area contributed by atoms with Gasteiger partial charge in [0.1, 0.15) is 5.75 Å². The van der Waals surface area contributed by atoms with E-state index >= 15 is 0 Å². The molecule has 32 heavy (non-hydrogen) atoms. The molecule has 2 aliphatic rings. The molecule has 0 aromatic heterocycles. The molecular weight excluding hydrogens is 398 g/mol. The second-order valence-corrected chi connectivity index (χ2v) is 9.04. The van der Waals surface area contributed by atoms with Gasteiger partial charge >= 0.3 is 0 Å². The highest BCUT2D eigenvalue weighted by Crippen LogP contribution is 2.42. The molecule has 2 heterocycles. The topological polar surface area (TPSA) is 36.0 Å². The molecule has 0 saturated carbocycles. The third kappa shape index (κ3) is 3.61. The Kier molecular flexibility index (Phi) is 5.51. The Hall–Kier alpha value is -3.05. The summed E-state index contributed by atoms with van der Waals surface area (Å²) in [7, 11) is 1.67. The van der Waals surface area contributed by atoms with Crippen molar-refractivity contribution in [3.63, 3.8) is 0 Å². The van der Waals surface area contributed by atoms with E-state index in [4.69, 9.17) is 4.74 Å². The van der Waals surface area contributed by atoms with Crippen molar-refractivity contribution in [1.82, 2.24) is 4.90 Å². The monoisotopic (exact) mass is 429 g/mol. The number of amides is 1. The lowest BCUT2D eigenvalue weighted by atomic mass is 10.0. The van der Waals surface area contributed by atoms with E-state index in [1.54, 1.807) is 7.11 Å². The van der Waals surface area contributed by atoms with Crippen LogP contribution in [0.2, 0.25) is 0 Å². The first-order valence-corrected chi connectivity index (χ1v) is 11.6. The van der Waals surface area contributed by atoms with Crippen LogP contribution in [0.15, 0.2) is 54.6 Å². The molecule has 0 unspecified atom stereocenters. The van der Waals surface area contributed by atoms with Crippen molar-refractivity contribution in [3.8, 4) is 5.75 Å². The van der Waals surface area contributed by atoms with Crippen LogP contribution < -0.4 is 14.5 Å². The number of rotatable bonds is 5. The lowest BCUT2D eigenvalue weighted by Gasteiger charge is -2.27. The maximum atomic E-state index is 13.3. The summed E-state index contributed by atoms with van der Waals surface area (Å²) in [6.07, 6.45) is 1.16. The first-order valence-electron chi connectivity index (χ1n) is 11.6. The van der Waals surface area contributed by atoms with Gasteiger partial charge in [-0.1, -0.05) is 24.3 Å². The Morgan fingerprint density at radius 2 is 1.69 bits per heavy atom. The van der Waals surface area contributed by atoms with Crippen molar-refractivity contribution >= 4 is 28.1 Å². The average molecular weight is 430 g/mol. The molecule has 0 radical (unpaired) electrons. The van der Waals surface area contributed by atoms with E-state index < -0.39 is 0 Å². The van der Waals surface area contributed by atoms with Crippen LogP contribution in [0.4, 0.5) is 11.4 Å². The Balaban J connectivity index is 1.48. The highest BCUT2D eigenvalue weighted by molar-refractivity contribution is 6.26. The van der Waals surface area contributed by atoms with Gasteiger partial charge in [0.2, 0.25) is 0 Å². The maximum absolute atomic E-state index is 13.3. The van der Waals surface area contributed by atoms with E-state index in [1.807, 2.05) is 41.3 Å². The molecule has 0 N–H and O–H groups in total. The maximum Gasteiger partial charge on any atom is 0.259 e. The van der Waals surface area contributed by atoms with Crippen molar-refractivity contribution in [2.75, 3.05) is 43.1 Å². The number of anilines is 2. The van der Waals surface area contributed by atoms with E-state index in [0.717, 1.165) is 60.5 Å². The molecule has 3 aromatic rings. The number of benzene rings is 3. The van der Waals surface area contributed by atoms with Crippen molar-refractivity contribution < 1.29 is 9.53 Å². The molecular formula is C27H31N3O2. The third-order valence-electron chi connectivity index (χ3n) is 6.86. The molecule has 0 aliphatic carbocycles. The van der Waals surface area contributed by atoms with Crippen LogP contribution in [0.25, 0.3) is 10.8 Å². The number of methoxy groups -OCH3 is 1. The van der Waals surface area contributed by atoms with Gasteiger partial charge < -0.3 is 14.5 Å². The summed E-state index contributed by atoms with van der Waals surface area (Å²) in [5.41, 5.74) is 4.16. The Bertz CT molecular complexity index is 1140. The van der Waals surface area contributed by atoms with Gasteiger partial charge in [-0.05, 0) is 56.2 Å². The van der Waals surface area contributed by atoms with Crippen molar-refractivity contribution in [3.05, 3.63) is 65.7 Å². The second-order valence-electron chi connectivity index (χ2n) is 9.04. The minimum Gasteiger partial charge on any atom is -0.497 e. The zero-order valence-electron chi connectivity index (χ0n) is 19.2. The third-order valence-corrected chi connectivity index (χ3v) is 6.86. The molecule has 2 aliphatic heterocycles. The summed E-state index contributed by atoms with van der Waals surface area (Å²) >= 11 is 0. The smallest absolute Gasteiger partial charge is 0.259 e. The van der Waals surface area contributed by atoms with Gasteiger partial charge in [-0.2, -0.15) is 0 Å². The van der Waals surface area contributed by atoms with Crippen LogP contribution in [-0.2, 0) is 6.54 Å². The van der Waals surface area contributed by atoms with Crippen LogP contribution in [0.1, 0.15) is 36.2 Å². The first-order chi connectivity index (χ1) is 15.6. The average Bonchev–Trinajstić information content (AvgIpc) is 2.97. The SMILES string of the molecule is COc1ccc(CN2C(=O)c3cccc4c(N5CCCN(C(C)C)CC5)ccc2c34)cc1. The van der Waals surface area contributed by atoms with E-state index in [9.17, 15) is 4.79 Å². The van der Waals surface area contributed by atoms with Crippen LogP contribution >= 0.6 is 0 Å². The van der Waals surface area contributed by atoms with Crippen LogP contribution in [0.3, 0.4) is 0 Å². The van der Waals surface area contributed by atoms with Crippen molar-refractivity contribution in [1.29, 1.82) is 0 Å². The normalized spacial score (nSPS) is 16.8. The Morgan fingerprint density at radius 3 is 2.44 bits per heavy atom. The summed E-state index contributed by atoms with van der Waals surface area (Å²) in [6, 6.07) is 19.0. The van der Waals surface area contributed by atoms with E-state index in [0.29, 0.717) is 12.6 Å². The Labute approximate surface area is 190 Å². The molecule has 0 spiro atoms. The van der Waals surface area contributed by atoms with Crippen molar-refractivity contribution in [2.45, 2.75) is 32.9 Å². The number of nitrogens with zero attached hydrogens (tertiary/aromatic N) is 3. The van der Waals surface area contributed by atoms with E-state index in [2.05, 4.69) is 41.8 Å². The minimum absolute atomic E-state index is 0.0837. The number of hydrogen-bond donors (Lipinski definition) is 0. The molecule has 0 bridgehead atoms. The van der Waals surface area contributed by atoms with Crippen LogP contribution in [-0.4, -0.2) is 50.1 Å². The van der Waals surface area contributed by atoms with Gasteiger partial charge in [-0.15, -0.1) is 0 Å². The highest BCUT2D eigenvalue weighted by Gasteiger charge is 2.31. The van der Waals surface area contributed by atoms with E-state index in [1.165, 1.54) is 11.1 Å². The molecule has 3 aromatic carbocycles. The van der Waals surface area contributed by atoms with Gasteiger partial charge in [0.15, 0.2) is 0 Å². The standard InChI is InChI=1S/C27H31N3O2/c1-19(2)28-14-5-15-29(17-16-28)24-12-13-25-26-22(24)6-4-7-23(26)27(31)30(25)18-20-8-10-21(32-3)11-9-20/h4,6-13,19H,5,14-18H2,1-3H3. The summed E-state index contributed by atoms with van der Waals surface area (Å²) < 4.78 is 5.27. The summed E-state index contributed by atoms with van der Waals surface area (Å²) in [5.74, 6) is 0.908. The largest absolute Gasteiger partial charge is 0.497 e. The fourth-order valence-corrected chi connectivity index (χ4v) is 5.07. The van der Waals surface area contributed by atoms with Gasteiger partial charge in [0, 0.05) is 54.2 Å². The molecule has 1 fully saturated rings. The quantitative estimate of drug-likeness (QED) is 0.576. The van der Waals surface area contributed by atoms with Crippen LogP contribution in [0.5, 0.6) is 5.75 Å². The molecule has 1 amide bonds. The summed E-state index contributed by atoms with van der Waals surface area (Å²) in [4.78, 5) is 20.3. The van der Waals surface area contributed by atoms with Gasteiger partial charge in [0.25, 0.3) is 5.91 Å².